The SMILES string of the molecule is Cc1ccccc1C1NC(C(C)C)C(=O)N1CC(C)C. The highest BCUT2D eigenvalue weighted by atomic mass is 16.2. The van der Waals surface area contributed by atoms with Crippen molar-refractivity contribution in [3.63, 3.8) is 0 Å². The number of carbonyl (C=O) groups is 1. The van der Waals surface area contributed by atoms with Gasteiger partial charge in [-0.2, -0.15) is 0 Å². The van der Waals surface area contributed by atoms with E-state index in [4.69, 9.17) is 0 Å². The minimum atomic E-state index is -0.0710. The first kappa shape index (κ1) is 15.0. The Labute approximate surface area is 122 Å². The second-order valence-electron chi connectivity index (χ2n) is 6.53. The lowest BCUT2D eigenvalue weighted by atomic mass is 10.0. The zero-order chi connectivity index (χ0) is 14.9. The van der Waals surface area contributed by atoms with Crippen molar-refractivity contribution in [2.45, 2.75) is 46.8 Å². The highest BCUT2D eigenvalue weighted by Crippen LogP contribution is 2.30. The summed E-state index contributed by atoms with van der Waals surface area (Å²) in [6.45, 7) is 11.4. The van der Waals surface area contributed by atoms with E-state index in [9.17, 15) is 4.79 Å². The highest BCUT2D eigenvalue weighted by molar-refractivity contribution is 5.85. The van der Waals surface area contributed by atoms with E-state index >= 15 is 0 Å². The van der Waals surface area contributed by atoms with Crippen LogP contribution in [0.25, 0.3) is 0 Å². The second kappa shape index (κ2) is 5.96. The van der Waals surface area contributed by atoms with E-state index < -0.39 is 0 Å². The van der Waals surface area contributed by atoms with Gasteiger partial charge in [0, 0.05) is 6.54 Å². The molecule has 0 bridgehead atoms. The van der Waals surface area contributed by atoms with Gasteiger partial charge in [-0.3, -0.25) is 10.1 Å². The van der Waals surface area contributed by atoms with Crippen LogP contribution in [-0.4, -0.2) is 23.4 Å². The number of hydrogen-bond acceptors (Lipinski definition) is 2. The molecule has 2 unspecified atom stereocenters. The minimum Gasteiger partial charge on any atom is -0.321 e. The van der Waals surface area contributed by atoms with Crippen molar-refractivity contribution in [2.24, 2.45) is 11.8 Å². The van der Waals surface area contributed by atoms with E-state index in [2.05, 4.69) is 52.1 Å². The van der Waals surface area contributed by atoms with E-state index in [1.165, 1.54) is 11.1 Å². The lowest BCUT2D eigenvalue weighted by molar-refractivity contribution is -0.131. The van der Waals surface area contributed by atoms with Gasteiger partial charge in [0.05, 0.1) is 6.04 Å². The van der Waals surface area contributed by atoms with Crippen LogP contribution in [0.2, 0.25) is 0 Å². The standard InChI is InChI=1S/C17H26N2O/c1-11(2)10-19-16(14-9-7-6-8-13(14)5)18-15(12(3)4)17(19)20/h6-9,11-12,15-16,18H,10H2,1-5H3. The molecular weight excluding hydrogens is 248 g/mol. The van der Waals surface area contributed by atoms with Gasteiger partial charge in [-0.1, -0.05) is 52.0 Å². The maximum absolute atomic E-state index is 12.6. The third-order valence-electron chi connectivity index (χ3n) is 3.91. The van der Waals surface area contributed by atoms with E-state index in [1.54, 1.807) is 0 Å². The Kier molecular flexibility index (Phi) is 4.48. The molecule has 0 spiro atoms. The Hall–Kier alpha value is -1.35. The second-order valence-corrected chi connectivity index (χ2v) is 6.53. The molecule has 1 saturated heterocycles. The van der Waals surface area contributed by atoms with Gasteiger partial charge in [0.15, 0.2) is 0 Å². The quantitative estimate of drug-likeness (QED) is 0.915. The van der Waals surface area contributed by atoms with Crippen LogP contribution in [0.3, 0.4) is 0 Å². The highest BCUT2D eigenvalue weighted by Gasteiger charge is 2.41. The zero-order valence-electron chi connectivity index (χ0n) is 13.2. The molecular formula is C17H26N2O. The summed E-state index contributed by atoms with van der Waals surface area (Å²) in [6, 6.07) is 8.25. The first-order valence-electron chi connectivity index (χ1n) is 7.54. The maximum Gasteiger partial charge on any atom is 0.241 e. The number of carbonyl (C=O) groups excluding carboxylic acids is 1. The van der Waals surface area contributed by atoms with Crippen molar-refractivity contribution < 1.29 is 4.79 Å². The van der Waals surface area contributed by atoms with Crippen LogP contribution < -0.4 is 5.32 Å². The summed E-state index contributed by atoms with van der Waals surface area (Å²) in [7, 11) is 0. The molecule has 2 atom stereocenters. The summed E-state index contributed by atoms with van der Waals surface area (Å²) in [5, 5.41) is 3.53. The minimum absolute atomic E-state index is 0.0125. The van der Waals surface area contributed by atoms with E-state index in [0.29, 0.717) is 11.8 Å². The largest absolute Gasteiger partial charge is 0.321 e. The van der Waals surface area contributed by atoms with Crippen molar-refractivity contribution in [3.8, 4) is 0 Å². The first-order chi connectivity index (χ1) is 9.41. The molecule has 2 rings (SSSR count). The summed E-state index contributed by atoms with van der Waals surface area (Å²) < 4.78 is 0. The molecule has 1 fully saturated rings. The molecule has 110 valence electrons. The predicted molar refractivity (Wildman–Crippen MR) is 82.2 cm³/mol. The van der Waals surface area contributed by atoms with Gasteiger partial charge >= 0.3 is 0 Å². The van der Waals surface area contributed by atoms with Crippen molar-refractivity contribution in [3.05, 3.63) is 35.4 Å². The molecule has 1 aromatic carbocycles. The van der Waals surface area contributed by atoms with Crippen LogP contribution in [0.5, 0.6) is 0 Å². The third kappa shape index (κ3) is 2.88. The zero-order valence-corrected chi connectivity index (χ0v) is 13.2. The smallest absolute Gasteiger partial charge is 0.241 e. The number of benzene rings is 1. The van der Waals surface area contributed by atoms with E-state index in [1.807, 2.05) is 17.0 Å². The van der Waals surface area contributed by atoms with Crippen molar-refractivity contribution in [1.82, 2.24) is 10.2 Å². The number of amides is 1. The molecule has 3 nitrogen and oxygen atoms in total. The topological polar surface area (TPSA) is 32.3 Å². The van der Waals surface area contributed by atoms with Crippen molar-refractivity contribution >= 4 is 5.91 Å². The molecule has 1 aliphatic rings. The molecule has 0 aromatic heterocycles. The molecule has 0 radical (unpaired) electrons. The third-order valence-corrected chi connectivity index (χ3v) is 3.91. The average Bonchev–Trinajstić information content (AvgIpc) is 2.67. The van der Waals surface area contributed by atoms with E-state index in [0.717, 1.165) is 6.54 Å². The van der Waals surface area contributed by atoms with Gasteiger partial charge in [0.25, 0.3) is 0 Å². The Morgan fingerprint density at radius 1 is 1.20 bits per heavy atom. The normalized spacial score (nSPS) is 23.1. The summed E-state index contributed by atoms with van der Waals surface area (Å²) >= 11 is 0. The van der Waals surface area contributed by atoms with Gasteiger partial charge in [0.2, 0.25) is 5.91 Å². The molecule has 0 saturated carbocycles. The lowest BCUT2D eigenvalue weighted by Crippen LogP contribution is -2.36. The Bertz CT molecular complexity index is 482. The van der Waals surface area contributed by atoms with Crippen LogP contribution in [0.4, 0.5) is 0 Å². The molecule has 1 heterocycles. The van der Waals surface area contributed by atoms with E-state index in [-0.39, 0.29) is 18.1 Å². The summed E-state index contributed by atoms with van der Waals surface area (Å²) in [6.07, 6.45) is 0.0125. The van der Waals surface area contributed by atoms with Gasteiger partial charge in [-0.25, -0.2) is 0 Å². The van der Waals surface area contributed by atoms with Crippen LogP contribution in [0, 0.1) is 18.8 Å². The molecule has 0 aliphatic carbocycles. The predicted octanol–water partition coefficient (Wildman–Crippen LogP) is 3.11. The molecule has 1 amide bonds. The summed E-state index contributed by atoms with van der Waals surface area (Å²) in [5.41, 5.74) is 2.45. The molecule has 1 N–H and O–H groups in total. The van der Waals surface area contributed by atoms with Gasteiger partial charge in [-0.15, -0.1) is 0 Å². The van der Waals surface area contributed by atoms with Crippen LogP contribution in [-0.2, 0) is 4.79 Å². The fourth-order valence-electron chi connectivity index (χ4n) is 2.85. The Morgan fingerprint density at radius 2 is 1.85 bits per heavy atom. The number of aryl methyl sites for hydroxylation is 1. The molecule has 3 heteroatoms. The molecule has 20 heavy (non-hydrogen) atoms. The lowest BCUT2D eigenvalue weighted by Gasteiger charge is -2.27. The summed E-state index contributed by atoms with van der Waals surface area (Å²) in [5.74, 6) is 1.02. The number of hydrogen-bond donors (Lipinski definition) is 1. The number of nitrogens with zero attached hydrogens (tertiary/aromatic N) is 1. The fourth-order valence-corrected chi connectivity index (χ4v) is 2.85. The number of nitrogens with one attached hydrogen (secondary N) is 1. The molecule has 1 aromatic rings. The monoisotopic (exact) mass is 274 g/mol. The number of rotatable bonds is 4. The fraction of sp³-hybridized carbons (Fsp3) is 0.588. The Balaban J connectivity index is 2.34. The van der Waals surface area contributed by atoms with Crippen LogP contribution >= 0.6 is 0 Å². The first-order valence-corrected chi connectivity index (χ1v) is 7.54. The van der Waals surface area contributed by atoms with Crippen molar-refractivity contribution in [1.29, 1.82) is 0 Å². The van der Waals surface area contributed by atoms with Crippen LogP contribution in [0.1, 0.15) is 45.0 Å². The Morgan fingerprint density at radius 3 is 2.40 bits per heavy atom. The van der Waals surface area contributed by atoms with Gasteiger partial charge in [-0.05, 0) is 29.9 Å². The van der Waals surface area contributed by atoms with Gasteiger partial charge < -0.3 is 4.90 Å². The maximum atomic E-state index is 12.6. The summed E-state index contributed by atoms with van der Waals surface area (Å²) in [4.78, 5) is 14.7. The van der Waals surface area contributed by atoms with Gasteiger partial charge in [0.1, 0.15) is 6.17 Å². The van der Waals surface area contributed by atoms with Crippen molar-refractivity contribution in [2.75, 3.05) is 6.54 Å². The average molecular weight is 274 g/mol. The van der Waals surface area contributed by atoms with Crippen LogP contribution in [0.15, 0.2) is 24.3 Å². The molecule has 1 aliphatic heterocycles.